The van der Waals surface area contributed by atoms with Crippen LogP contribution in [0.3, 0.4) is 0 Å². The summed E-state index contributed by atoms with van der Waals surface area (Å²) in [5, 5.41) is 0. The maximum absolute atomic E-state index is 12.1. The predicted molar refractivity (Wildman–Crippen MR) is 60.3 cm³/mol. The van der Waals surface area contributed by atoms with Gasteiger partial charge in [-0.15, -0.1) is 0 Å². The molecule has 0 aliphatic carbocycles. The molecule has 2 aliphatic heterocycles. The molecule has 1 unspecified atom stereocenters. The largest absolute Gasteiger partial charge is 0.469 e. The van der Waals surface area contributed by atoms with Crippen LogP contribution in [0.15, 0.2) is 0 Å². The summed E-state index contributed by atoms with van der Waals surface area (Å²) in [5.41, 5.74) is 0. The van der Waals surface area contributed by atoms with Crippen LogP contribution in [0.1, 0.15) is 25.7 Å². The fourth-order valence-corrected chi connectivity index (χ4v) is 2.51. The molecule has 0 aromatic carbocycles. The third-order valence-corrected chi connectivity index (χ3v) is 3.47. The number of nitrogens with zero attached hydrogens (tertiary/aromatic N) is 1. The molecule has 0 N–H and O–H groups in total. The van der Waals surface area contributed by atoms with Crippen molar-refractivity contribution < 1.29 is 19.1 Å². The van der Waals surface area contributed by atoms with Crippen molar-refractivity contribution in [3.8, 4) is 0 Å². The maximum Gasteiger partial charge on any atom is 0.310 e. The zero-order valence-electron chi connectivity index (χ0n) is 10.2. The fraction of sp³-hybridized carbons (Fsp3) is 0.833. The molecule has 0 aromatic rings. The second-order valence-corrected chi connectivity index (χ2v) is 4.65. The SMILES string of the molecule is COC(=O)C1CCCN(C(=O)[C@H]2CCCO2)C1. The van der Waals surface area contributed by atoms with E-state index in [1.807, 2.05) is 0 Å². The summed E-state index contributed by atoms with van der Waals surface area (Å²) in [6.07, 6.45) is 3.13. The average molecular weight is 241 g/mol. The molecule has 2 fully saturated rings. The van der Waals surface area contributed by atoms with E-state index in [9.17, 15) is 9.59 Å². The second kappa shape index (κ2) is 5.49. The Kier molecular flexibility index (Phi) is 3.99. The number of ether oxygens (including phenoxy) is 2. The topological polar surface area (TPSA) is 55.8 Å². The Morgan fingerprint density at radius 3 is 2.76 bits per heavy atom. The molecule has 2 heterocycles. The fourth-order valence-electron chi connectivity index (χ4n) is 2.51. The molecule has 0 aromatic heterocycles. The first-order chi connectivity index (χ1) is 8.22. The molecule has 5 heteroatoms. The molecule has 2 saturated heterocycles. The number of piperidine rings is 1. The summed E-state index contributed by atoms with van der Waals surface area (Å²) in [6.45, 7) is 1.88. The van der Waals surface area contributed by atoms with Gasteiger partial charge in [0.2, 0.25) is 0 Å². The van der Waals surface area contributed by atoms with Crippen molar-refractivity contribution in [2.45, 2.75) is 31.8 Å². The molecule has 2 aliphatic rings. The van der Waals surface area contributed by atoms with Crippen LogP contribution in [-0.4, -0.2) is 49.7 Å². The highest BCUT2D eigenvalue weighted by Gasteiger charge is 2.33. The van der Waals surface area contributed by atoms with E-state index < -0.39 is 0 Å². The van der Waals surface area contributed by atoms with Gasteiger partial charge >= 0.3 is 5.97 Å². The lowest BCUT2D eigenvalue weighted by Crippen LogP contribution is -2.46. The molecule has 0 saturated carbocycles. The minimum Gasteiger partial charge on any atom is -0.469 e. The molecule has 17 heavy (non-hydrogen) atoms. The zero-order chi connectivity index (χ0) is 12.3. The van der Waals surface area contributed by atoms with E-state index in [4.69, 9.17) is 9.47 Å². The van der Waals surface area contributed by atoms with Gasteiger partial charge in [0.05, 0.1) is 13.0 Å². The average Bonchev–Trinajstić information content (AvgIpc) is 2.91. The van der Waals surface area contributed by atoms with Gasteiger partial charge in [-0.05, 0) is 25.7 Å². The number of carbonyl (C=O) groups is 2. The summed E-state index contributed by atoms with van der Waals surface area (Å²) in [7, 11) is 1.39. The molecule has 2 rings (SSSR count). The van der Waals surface area contributed by atoms with E-state index in [-0.39, 0.29) is 23.9 Å². The molecule has 0 radical (unpaired) electrons. The quantitative estimate of drug-likeness (QED) is 0.663. The van der Waals surface area contributed by atoms with Crippen molar-refractivity contribution >= 4 is 11.9 Å². The molecular weight excluding hydrogens is 222 g/mol. The van der Waals surface area contributed by atoms with Gasteiger partial charge in [-0.1, -0.05) is 0 Å². The summed E-state index contributed by atoms with van der Waals surface area (Å²) < 4.78 is 10.1. The Morgan fingerprint density at radius 1 is 1.29 bits per heavy atom. The first-order valence-corrected chi connectivity index (χ1v) is 6.20. The number of likely N-dealkylation sites (tertiary alicyclic amines) is 1. The van der Waals surface area contributed by atoms with E-state index in [0.29, 0.717) is 13.2 Å². The summed E-state index contributed by atoms with van der Waals surface area (Å²) in [4.78, 5) is 25.3. The molecular formula is C12H19NO4. The number of methoxy groups -OCH3 is 1. The van der Waals surface area contributed by atoms with Gasteiger partial charge in [0.15, 0.2) is 0 Å². The number of amides is 1. The van der Waals surface area contributed by atoms with Crippen molar-refractivity contribution in [1.29, 1.82) is 0 Å². The number of esters is 1. The maximum atomic E-state index is 12.1. The van der Waals surface area contributed by atoms with Crippen LogP contribution in [0.25, 0.3) is 0 Å². The lowest BCUT2D eigenvalue weighted by molar-refractivity contribution is -0.151. The van der Waals surface area contributed by atoms with Gasteiger partial charge < -0.3 is 14.4 Å². The Bertz CT molecular complexity index is 299. The molecule has 96 valence electrons. The van der Waals surface area contributed by atoms with E-state index in [2.05, 4.69) is 0 Å². The Balaban J connectivity index is 1.92. The minimum absolute atomic E-state index is 0.0381. The first kappa shape index (κ1) is 12.4. The first-order valence-electron chi connectivity index (χ1n) is 6.20. The normalized spacial score (nSPS) is 29.1. The summed E-state index contributed by atoms with van der Waals surface area (Å²) in [5.74, 6) is -0.343. The highest BCUT2D eigenvalue weighted by molar-refractivity contribution is 5.82. The van der Waals surface area contributed by atoms with Crippen molar-refractivity contribution in [2.75, 3.05) is 26.8 Å². The van der Waals surface area contributed by atoms with E-state index >= 15 is 0 Å². The number of rotatable bonds is 2. The van der Waals surface area contributed by atoms with Gasteiger partial charge in [0.25, 0.3) is 5.91 Å². The third kappa shape index (κ3) is 2.77. The standard InChI is InChI=1S/C12H19NO4/c1-16-12(15)9-4-2-6-13(8-9)11(14)10-5-3-7-17-10/h9-10H,2-8H2,1H3/t9?,10-/m1/s1. The van der Waals surface area contributed by atoms with E-state index in [1.54, 1.807) is 4.90 Å². The van der Waals surface area contributed by atoms with Gasteiger partial charge in [-0.25, -0.2) is 0 Å². The minimum atomic E-state index is -0.286. The van der Waals surface area contributed by atoms with Crippen molar-refractivity contribution in [3.05, 3.63) is 0 Å². The van der Waals surface area contributed by atoms with Crippen LogP contribution < -0.4 is 0 Å². The van der Waals surface area contributed by atoms with Crippen LogP contribution in [-0.2, 0) is 19.1 Å². The van der Waals surface area contributed by atoms with E-state index in [0.717, 1.165) is 32.2 Å². The van der Waals surface area contributed by atoms with Crippen molar-refractivity contribution in [1.82, 2.24) is 4.90 Å². The summed E-state index contributed by atoms with van der Waals surface area (Å²) >= 11 is 0. The molecule has 0 spiro atoms. The Hall–Kier alpha value is -1.10. The van der Waals surface area contributed by atoms with Crippen molar-refractivity contribution in [2.24, 2.45) is 5.92 Å². The van der Waals surface area contributed by atoms with Gasteiger partial charge in [0, 0.05) is 19.7 Å². The van der Waals surface area contributed by atoms with E-state index in [1.165, 1.54) is 7.11 Å². The smallest absolute Gasteiger partial charge is 0.310 e. The van der Waals surface area contributed by atoms with Crippen LogP contribution in [0.5, 0.6) is 0 Å². The molecule has 2 atom stereocenters. The van der Waals surface area contributed by atoms with Crippen LogP contribution in [0.4, 0.5) is 0 Å². The molecule has 0 bridgehead atoms. The second-order valence-electron chi connectivity index (χ2n) is 4.65. The lowest BCUT2D eigenvalue weighted by Gasteiger charge is -2.32. The van der Waals surface area contributed by atoms with Gasteiger partial charge in [0.1, 0.15) is 6.10 Å². The zero-order valence-corrected chi connectivity index (χ0v) is 10.2. The molecule has 1 amide bonds. The predicted octanol–water partition coefficient (Wildman–Crippen LogP) is 0.577. The van der Waals surface area contributed by atoms with Gasteiger partial charge in [-0.2, -0.15) is 0 Å². The highest BCUT2D eigenvalue weighted by atomic mass is 16.5. The van der Waals surface area contributed by atoms with Gasteiger partial charge in [-0.3, -0.25) is 9.59 Å². The van der Waals surface area contributed by atoms with Crippen LogP contribution in [0, 0.1) is 5.92 Å². The lowest BCUT2D eigenvalue weighted by atomic mass is 9.97. The Morgan fingerprint density at radius 2 is 2.12 bits per heavy atom. The number of carbonyl (C=O) groups excluding carboxylic acids is 2. The monoisotopic (exact) mass is 241 g/mol. The van der Waals surface area contributed by atoms with Crippen LogP contribution >= 0.6 is 0 Å². The van der Waals surface area contributed by atoms with Crippen LogP contribution in [0.2, 0.25) is 0 Å². The molecule has 5 nitrogen and oxygen atoms in total. The van der Waals surface area contributed by atoms with Crippen molar-refractivity contribution in [3.63, 3.8) is 0 Å². The number of hydrogen-bond donors (Lipinski definition) is 0. The summed E-state index contributed by atoms with van der Waals surface area (Å²) in [6, 6.07) is 0. The number of hydrogen-bond acceptors (Lipinski definition) is 4. The highest BCUT2D eigenvalue weighted by Crippen LogP contribution is 2.21. The Labute approximate surface area is 101 Å². The third-order valence-electron chi connectivity index (χ3n) is 3.47.